The summed E-state index contributed by atoms with van der Waals surface area (Å²) in [5.74, 6) is -0.103. The zero-order valence-corrected chi connectivity index (χ0v) is 14.7. The molecule has 2 aromatic rings. The Bertz CT molecular complexity index is 732. The quantitative estimate of drug-likeness (QED) is 0.845. The van der Waals surface area contributed by atoms with E-state index in [2.05, 4.69) is 4.98 Å². The van der Waals surface area contributed by atoms with Crippen molar-refractivity contribution in [2.24, 2.45) is 0 Å². The molecule has 0 N–H and O–H groups in total. The highest BCUT2D eigenvalue weighted by molar-refractivity contribution is 7.09. The summed E-state index contributed by atoms with van der Waals surface area (Å²) in [4.78, 5) is 19.2. The Kier molecular flexibility index (Phi) is 5.26. The van der Waals surface area contributed by atoms with Gasteiger partial charge < -0.3 is 9.64 Å². The summed E-state index contributed by atoms with van der Waals surface area (Å²) in [5, 5.41) is 3.15. The van der Waals surface area contributed by atoms with Gasteiger partial charge in [0.15, 0.2) is 0 Å². The molecule has 1 amide bonds. The number of hydrogen-bond acceptors (Lipinski definition) is 4. The lowest BCUT2D eigenvalue weighted by atomic mass is 9.97. The molecule has 2 heterocycles. The van der Waals surface area contributed by atoms with E-state index >= 15 is 0 Å². The van der Waals surface area contributed by atoms with Gasteiger partial charge in [-0.05, 0) is 38.0 Å². The second-order valence-corrected chi connectivity index (χ2v) is 7.05. The number of amides is 1. The number of methoxy groups -OCH3 is 1. The molecule has 1 aromatic carbocycles. The number of ether oxygens (including phenoxy) is 1. The molecule has 6 heteroatoms. The Morgan fingerprint density at radius 3 is 3.04 bits per heavy atom. The van der Waals surface area contributed by atoms with E-state index in [9.17, 15) is 9.18 Å². The van der Waals surface area contributed by atoms with Crippen molar-refractivity contribution in [3.05, 3.63) is 51.2 Å². The summed E-state index contributed by atoms with van der Waals surface area (Å²) >= 11 is 1.66. The number of halogens is 1. The van der Waals surface area contributed by atoms with E-state index < -0.39 is 0 Å². The highest BCUT2D eigenvalue weighted by Gasteiger charge is 2.27. The Hall–Kier alpha value is -1.79. The van der Waals surface area contributed by atoms with Crippen LogP contribution in [0.4, 0.5) is 4.39 Å². The van der Waals surface area contributed by atoms with Gasteiger partial charge in [0.1, 0.15) is 5.82 Å². The summed E-state index contributed by atoms with van der Waals surface area (Å²) in [6.07, 6.45) is 2.01. The number of thiazole rings is 1. The Balaban J connectivity index is 1.76. The zero-order valence-electron chi connectivity index (χ0n) is 13.9. The van der Waals surface area contributed by atoms with Crippen LogP contribution in [0.15, 0.2) is 23.6 Å². The van der Waals surface area contributed by atoms with E-state index in [0.29, 0.717) is 23.6 Å². The fourth-order valence-corrected chi connectivity index (χ4v) is 4.00. The molecule has 24 heavy (non-hydrogen) atoms. The molecule has 0 aliphatic carbocycles. The van der Waals surface area contributed by atoms with Crippen LogP contribution in [0.25, 0.3) is 0 Å². The van der Waals surface area contributed by atoms with Gasteiger partial charge in [-0.3, -0.25) is 4.79 Å². The van der Waals surface area contributed by atoms with Gasteiger partial charge in [0.05, 0.1) is 11.6 Å². The summed E-state index contributed by atoms with van der Waals surface area (Å²) in [6.45, 7) is 3.55. The van der Waals surface area contributed by atoms with Crippen molar-refractivity contribution >= 4 is 17.2 Å². The van der Waals surface area contributed by atoms with Gasteiger partial charge in [0.2, 0.25) is 0 Å². The number of carbonyl (C=O) groups is 1. The van der Waals surface area contributed by atoms with Gasteiger partial charge in [0.25, 0.3) is 5.91 Å². The van der Waals surface area contributed by atoms with Gasteiger partial charge in [-0.2, -0.15) is 0 Å². The number of rotatable bonds is 4. The maximum atomic E-state index is 13.7. The minimum Gasteiger partial charge on any atom is -0.380 e. The van der Waals surface area contributed by atoms with Gasteiger partial charge in [-0.15, -0.1) is 11.3 Å². The number of aryl methyl sites for hydroxylation is 1. The molecular formula is C18H21FN2O2S. The molecule has 0 spiro atoms. The first-order valence-electron chi connectivity index (χ1n) is 8.07. The minimum atomic E-state index is -0.344. The summed E-state index contributed by atoms with van der Waals surface area (Å²) < 4.78 is 18.7. The molecule has 0 radical (unpaired) electrons. The van der Waals surface area contributed by atoms with Crippen molar-refractivity contribution in [2.75, 3.05) is 20.2 Å². The summed E-state index contributed by atoms with van der Waals surface area (Å²) in [6, 6.07) is 4.49. The first-order valence-corrected chi connectivity index (χ1v) is 8.95. The van der Waals surface area contributed by atoms with Crippen molar-refractivity contribution in [1.29, 1.82) is 0 Å². The smallest absolute Gasteiger partial charge is 0.253 e. The highest BCUT2D eigenvalue weighted by atomic mass is 32.1. The first kappa shape index (κ1) is 17.0. The standard InChI is InChI=1S/C18H21FN2O2S/c1-12-11-24-17(20-12)14-4-3-7-21(9-14)18(22)13-5-6-16(19)15(8-13)10-23-2/h5-6,8,11,14H,3-4,7,9-10H2,1-2H3/t14-/m1/s1. The number of nitrogens with zero attached hydrogens (tertiary/aromatic N) is 2. The Morgan fingerprint density at radius 1 is 1.50 bits per heavy atom. The van der Waals surface area contributed by atoms with Crippen LogP contribution in [0.2, 0.25) is 0 Å². The number of hydrogen-bond donors (Lipinski definition) is 0. The van der Waals surface area contributed by atoms with Crippen molar-refractivity contribution in [3.63, 3.8) is 0 Å². The average molecular weight is 348 g/mol. The molecule has 1 aliphatic rings. The van der Waals surface area contributed by atoms with Gasteiger partial charge >= 0.3 is 0 Å². The maximum Gasteiger partial charge on any atom is 0.253 e. The van der Waals surface area contributed by atoms with Crippen molar-refractivity contribution < 1.29 is 13.9 Å². The first-order chi connectivity index (χ1) is 11.6. The van der Waals surface area contributed by atoms with Crippen LogP contribution < -0.4 is 0 Å². The normalized spacial score (nSPS) is 18.0. The van der Waals surface area contributed by atoms with Crippen LogP contribution in [0.5, 0.6) is 0 Å². The van der Waals surface area contributed by atoms with Gasteiger partial charge in [-0.1, -0.05) is 0 Å². The van der Waals surface area contributed by atoms with Crippen LogP contribution >= 0.6 is 11.3 Å². The molecular weight excluding hydrogens is 327 g/mol. The predicted molar refractivity (Wildman–Crippen MR) is 91.8 cm³/mol. The van der Waals surface area contributed by atoms with E-state index in [1.54, 1.807) is 23.5 Å². The van der Waals surface area contributed by atoms with E-state index in [1.807, 2.05) is 17.2 Å². The lowest BCUT2D eigenvalue weighted by Gasteiger charge is -2.32. The van der Waals surface area contributed by atoms with E-state index in [0.717, 1.165) is 30.1 Å². The lowest BCUT2D eigenvalue weighted by Crippen LogP contribution is -2.39. The molecule has 0 unspecified atom stereocenters. The second-order valence-electron chi connectivity index (χ2n) is 6.16. The van der Waals surface area contributed by atoms with E-state index in [1.165, 1.54) is 13.2 Å². The molecule has 0 saturated carbocycles. The molecule has 1 aliphatic heterocycles. The van der Waals surface area contributed by atoms with E-state index in [4.69, 9.17) is 4.74 Å². The number of benzene rings is 1. The molecule has 4 nitrogen and oxygen atoms in total. The van der Waals surface area contributed by atoms with Crippen LogP contribution in [-0.2, 0) is 11.3 Å². The third-order valence-electron chi connectivity index (χ3n) is 4.29. The van der Waals surface area contributed by atoms with E-state index in [-0.39, 0.29) is 18.3 Å². The number of piperidine rings is 1. The van der Waals surface area contributed by atoms with Gasteiger partial charge in [0, 0.05) is 48.3 Å². The molecule has 1 saturated heterocycles. The zero-order chi connectivity index (χ0) is 17.1. The summed E-state index contributed by atoms with van der Waals surface area (Å²) in [5.41, 5.74) is 1.95. The fourth-order valence-electron chi connectivity index (χ4n) is 3.08. The number of likely N-dealkylation sites (tertiary alicyclic amines) is 1. The lowest BCUT2D eigenvalue weighted by molar-refractivity contribution is 0.0706. The highest BCUT2D eigenvalue weighted by Crippen LogP contribution is 2.30. The minimum absolute atomic E-state index is 0.0506. The molecule has 128 valence electrons. The largest absolute Gasteiger partial charge is 0.380 e. The van der Waals surface area contributed by atoms with Crippen molar-refractivity contribution in [2.45, 2.75) is 32.3 Å². The molecule has 1 aromatic heterocycles. The van der Waals surface area contributed by atoms with Crippen LogP contribution in [0, 0.1) is 12.7 Å². The third-order valence-corrected chi connectivity index (χ3v) is 5.41. The second kappa shape index (κ2) is 7.40. The fraction of sp³-hybridized carbons (Fsp3) is 0.444. The van der Waals surface area contributed by atoms with Crippen LogP contribution in [0.1, 0.15) is 45.4 Å². The van der Waals surface area contributed by atoms with Gasteiger partial charge in [-0.25, -0.2) is 9.37 Å². The number of aromatic nitrogens is 1. The predicted octanol–water partition coefficient (Wildman–Crippen LogP) is 3.76. The molecule has 1 fully saturated rings. The molecule has 1 atom stereocenters. The molecule has 3 rings (SSSR count). The number of carbonyl (C=O) groups excluding carboxylic acids is 1. The monoisotopic (exact) mass is 348 g/mol. The topological polar surface area (TPSA) is 42.4 Å². The van der Waals surface area contributed by atoms with Crippen LogP contribution in [-0.4, -0.2) is 36.0 Å². The summed E-state index contributed by atoms with van der Waals surface area (Å²) in [7, 11) is 1.51. The Morgan fingerprint density at radius 2 is 2.33 bits per heavy atom. The molecule has 0 bridgehead atoms. The maximum absolute atomic E-state index is 13.7. The average Bonchev–Trinajstić information content (AvgIpc) is 3.03. The van der Waals surface area contributed by atoms with Crippen molar-refractivity contribution in [3.8, 4) is 0 Å². The van der Waals surface area contributed by atoms with Crippen LogP contribution in [0.3, 0.4) is 0 Å². The Labute approximate surface area is 145 Å². The third kappa shape index (κ3) is 3.65. The van der Waals surface area contributed by atoms with Crippen molar-refractivity contribution in [1.82, 2.24) is 9.88 Å². The SMILES string of the molecule is COCc1cc(C(=O)N2CCC[C@@H](c3nc(C)cs3)C2)ccc1F.